The molecule has 3 aromatic heterocycles. The van der Waals surface area contributed by atoms with Crippen molar-refractivity contribution in [3.8, 4) is 11.5 Å². The number of hydrogen-bond donors (Lipinski definition) is 1. The van der Waals surface area contributed by atoms with Gasteiger partial charge in [-0.3, -0.25) is 13.9 Å². The molecule has 0 aliphatic rings. The molecule has 0 atom stereocenters. The molecule has 3 heterocycles. The predicted octanol–water partition coefficient (Wildman–Crippen LogP) is 2.73. The van der Waals surface area contributed by atoms with Gasteiger partial charge in [-0.15, -0.1) is 5.10 Å². The number of aromatic nitrogens is 5. The largest absolute Gasteiger partial charge is 0.388 e. The van der Waals surface area contributed by atoms with Crippen molar-refractivity contribution in [2.75, 3.05) is 0 Å². The molecule has 0 unspecified atom stereocenters. The average molecular weight is 435 g/mol. The third-order valence-corrected chi connectivity index (χ3v) is 5.35. The maximum atomic E-state index is 15.2. The Hall–Kier alpha value is -3.85. The van der Waals surface area contributed by atoms with E-state index in [1.165, 1.54) is 9.13 Å². The van der Waals surface area contributed by atoms with Crippen LogP contribution in [0.3, 0.4) is 0 Å². The summed E-state index contributed by atoms with van der Waals surface area (Å²) in [7, 11) is 0. The second kappa shape index (κ2) is 8.01. The van der Waals surface area contributed by atoms with Crippen LogP contribution in [0.5, 0.6) is 0 Å². The summed E-state index contributed by atoms with van der Waals surface area (Å²) >= 11 is 0. The van der Waals surface area contributed by atoms with Gasteiger partial charge in [0.05, 0.1) is 16.6 Å². The average Bonchev–Trinajstić information content (AvgIpc) is 3.09. The molecular weight excluding hydrogens is 413 g/mol. The molecule has 8 nitrogen and oxygen atoms in total. The van der Waals surface area contributed by atoms with Gasteiger partial charge in [0, 0.05) is 18.3 Å². The van der Waals surface area contributed by atoms with Crippen molar-refractivity contribution in [2.24, 2.45) is 0 Å². The van der Waals surface area contributed by atoms with E-state index in [1.54, 1.807) is 26.1 Å². The molecular formula is C23H22FN5O3. The molecule has 0 spiro atoms. The molecule has 32 heavy (non-hydrogen) atoms. The number of para-hydroxylation sites is 1. The van der Waals surface area contributed by atoms with Crippen molar-refractivity contribution in [1.82, 2.24) is 23.9 Å². The molecule has 0 bridgehead atoms. The van der Waals surface area contributed by atoms with Crippen LogP contribution in [0, 0.1) is 12.7 Å². The van der Waals surface area contributed by atoms with Gasteiger partial charge < -0.3 is 5.11 Å². The number of nitrogens with zero attached hydrogens (tertiary/aromatic N) is 5. The van der Waals surface area contributed by atoms with E-state index in [1.807, 2.05) is 25.1 Å². The molecule has 0 amide bonds. The normalized spacial score (nSPS) is 11.3. The SMILES string of the molecule is C=C(C)c1cn(-c2ccccc2C)c(=O)c2cc(F)c(-n3nc(CO)n(CC)c3=O)nc12. The molecule has 0 fully saturated rings. The van der Waals surface area contributed by atoms with Crippen LogP contribution in [0.15, 0.2) is 52.7 Å². The first-order valence-electron chi connectivity index (χ1n) is 10.1. The highest BCUT2D eigenvalue weighted by Crippen LogP contribution is 2.25. The summed E-state index contributed by atoms with van der Waals surface area (Å²) in [6, 6.07) is 8.43. The zero-order chi connectivity index (χ0) is 23.2. The number of allylic oxidation sites excluding steroid dienone is 1. The summed E-state index contributed by atoms with van der Waals surface area (Å²) in [5.41, 5.74) is 1.83. The lowest BCUT2D eigenvalue weighted by Gasteiger charge is -2.14. The first-order chi connectivity index (χ1) is 15.3. The van der Waals surface area contributed by atoms with Gasteiger partial charge in [-0.05, 0) is 44.0 Å². The number of hydrogen-bond acceptors (Lipinski definition) is 5. The van der Waals surface area contributed by atoms with Crippen molar-refractivity contribution in [3.63, 3.8) is 0 Å². The second-order valence-corrected chi connectivity index (χ2v) is 7.49. The number of halogens is 1. The molecule has 0 radical (unpaired) electrons. The summed E-state index contributed by atoms with van der Waals surface area (Å²) < 4.78 is 18.6. The van der Waals surface area contributed by atoms with Crippen molar-refractivity contribution in [3.05, 3.63) is 86.7 Å². The van der Waals surface area contributed by atoms with E-state index >= 15 is 4.39 Å². The molecule has 1 N–H and O–H groups in total. The summed E-state index contributed by atoms with van der Waals surface area (Å²) in [6.07, 6.45) is 1.62. The Balaban J connectivity index is 2.07. The fourth-order valence-corrected chi connectivity index (χ4v) is 3.71. The van der Waals surface area contributed by atoms with Gasteiger partial charge in [-0.25, -0.2) is 14.2 Å². The maximum absolute atomic E-state index is 15.2. The third-order valence-electron chi connectivity index (χ3n) is 5.35. The number of pyridine rings is 2. The molecule has 4 rings (SSSR count). The van der Waals surface area contributed by atoms with Gasteiger partial charge in [0.2, 0.25) is 0 Å². The Morgan fingerprint density at radius 3 is 2.56 bits per heavy atom. The minimum Gasteiger partial charge on any atom is -0.388 e. The van der Waals surface area contributed by atoms with E-state index in [9.17, 15) is 14.7 Å². The maximum Gasteiger partial charge on any atom is 0.352 e. The second-order valence-electron chi connectivity index (χ2n) is 7.49. The van der Waals surface area contributed by atoms with E-state index in [0.717, 1.165) is 16.3 Å². The molecule has 164 valence electrons. The van der Waals surface area contributed by atoms with E-state index in [-0.39, 0.29) is 29.1 Å². The summed E-state index contributed by atoms with van der Waals surface area (Å²) in [5.74, 6) is -1.13. The topological polar surface area (TPSA) is 94.9 Å². The first kappa shape index (κ1) is 21.4. The van der Waals surface area contributed by atoms with E-state index in [4.69, 9.17) is 0 Å². The molecule has 0 saturated carbocycles. The third kappa shape index (κ3) is 3.27. The van der Waals surface area contributed by atoms with E-state index in [0.29, 0.717) is 16.8 Å². The van der Waals surface area contributed by atoms with Crippen LogP contribution in [0.25, 0.3) is 28.0 Å². The fraction of sp³-hybridized carbons (Fsp3) is 0.217. The van der Waals surface area contributed by atoms with Gasteiger partial charge in [0.25, 0.3) is 5.56 Å². The van der Waals surface area contributed by atoms with Crippen molar-refractivity contribution >= 4 is 16.5 Å². The monoisotopic (exact) mass is 435 g/mol. The van der Waals surface area contributed by atoms with Crippen LogP contribution in [0.1, 0.15) is 30.8 Å². The Labute approximate surface area is 182 Å². The molecule has 0 aliphatic carbocycles. The zero-order valence-corrected chi connectivity index (χ0v) is 18.0. The van der Waals surface area contributed by atoms with Crippen molar-refractivity contribution < 1.29 is 9.50 Å². The smallest absolute Gasteiger partial charge is 0.352 e. The lowest BCUT2D eigenvalue weighted by atomic mass is 10.1. The van der Waals surface area contributed by atoms with Crippen LogP contribution >= 0.6 is 0 Å². The van der Waals surface area contributed by atoms with Crippen LogP contribution in [0.4, 0.5) is 4.39 Å². The molecule has 9 heteroatoms. The molecule has 0 aliphatic heterocycles. The number of aliphatic hydroxyl groups excluding tert-OH is 1. The summed E-state index contributed by atoms with van der Waals surface area (Å²) in [5, 5.41) is 13.6. The van der Waals surface area contributed by atoms with Gasteiger partial charge in [-0.1, -0.05) is 24.8 Å². The summed E-state index contributed by atoms with van der Waals surface area (Å²) in [6.45, 7) is 9.10. The predicted molar refractivity (Wildman–Crippen MR) is 120 cm³/mol. The molecule has 1 aromatic carbocycles. The van der Waals surface area contributed by atoms with Gasteiger partial charge >= 0.3 is 5.69 Å². The lowest BCUT2D eigenvalue weighted by Crippen LogP contribution is -2.26. The molecule has 4 aromatic rings. The quantitative estimate of drug-likeness (QED) is 0.520. The molecule has 0 saturated heterocycles. The fourth-order valence-electron chi connectivity index (χ4n) is 3.71. The first-order valence-corrected chi connectivity index (χ1v) is 10.1. The highest BCUT2D eigenvalue weighted by Gasteiger charge is 2.21. The zero-order valence-electron chi connectivity index (χ0n) is 18.0. The van der Waals surface area contributed by atoms with E-state index in [2.05, 4.69) is 16.7 Å². The van der Waals surface area contributed by atoms with Crippen LogP contribution in [0.2, 0.25) is 0 Å². The number of rotatable bonds is 5. The number of aliphatic hydroxyl groups is 1. The number of aryl methyl sites for hydroxylation is 1. The van der Waals surface area contributed by atoms with Crippen LogP contribution < -0.4 is 11.2 Å². The minimum absolute atomic E-state index is 0.0559. The van der Waals surface area contributed by atoms with Crippen LogP contribution in [-0.4, -0.2) is 29.0 Å². The number of fused-ring (bicyclic) bond motifs is 1. The minimum atomic E-state index is -0.878. The Kier molecular flexibility index (Phi) is 5.35. The van der Waals surface area contributed by atoms with Gasteiger partial charge in [0.1, 0.15) is 6.61 Å². The summed E-state index contributed by atoms with van der Waals surface area (Å²) in [4.78, 5) is 30.3. The highest BCUT2D eigenvalue weighted by atomic mass is 19.1. The number of benzene rings is 1. The van der Waals surface area contributed by atoms with Crippen LogP contribution in [-0.2, 0) is 13.2 Å². The standard InChI is InChI=1S/C23H22FN5O3/c1-5-27-19(12-30)26-29(23(27)32)21-17(24)10-15-20(25-21)16(13(2)3)11-28(22(15)31)18-9-7-6-8-14(18)4/h6-11,30H,2,5,12H2,1,3-4H3. The van der Waals surface area contributed by atoms with Crippen molar-refractivity contribution in [1.29, 1.82) is 0 Å². The Morgan fingerprint density at radius 2 is 1.97 bits per heavy atom. The van der Waals surface area contributed by atoms with Gasteiger partial charge in [-0.2, -0.15) is 4.68 Å². The Morgan fingerprint density at radius 1 is 1.25 bits per heavy atom. The Bertz CT molecular complexity index is 1500. The van der Waals surface area contributed by atoms with Crippen molar-refractivity contribution in [2.45, 2.75) is 33.9 Å². The van der Waals surface area contributed by atoms with E-state index < -0.39 is 23.7 Å². The van der Waals surface area contributed by atoms with Gasteiger partial charge in [0.15, 0.2) is 17.5 Å². The highest BCUT2D eigenvalue weighted by molar-refractivity contribution is 5.90. The lowest BCUT2D eigenvalue weighted by molar-refractivity contribution is 0.264.